The van der Waals surface area contributed by atoms with Gasteiger partial charge in [-0.05, 0) is 31.7 Å². The summed E-state index contributed by atoms with van der Waals surface area (Å²) in [4.78, 5) is 16.3. The monoisotopic (exact) mass is 256 g/mol. The van der Waals surface area contributed by atoms with E-state index in [1.54, 1.807) is 0 Å². The van der Waals surface area contributed by atoms with Gasteiger partial charge in [-0.15, -0.1) is 0 Å². The molecule has 1 aliphatic carbocycles. The zero-order valence-corrected chi connectivity index (χ0v) is 10.7. The van der Waals surface area contributed by atoms with Crippen LogP contribution in [-0.2, 0) is 10.3 Å². The summed E-state index contributed by atoms with van der Waals surface area (Å²) in [6, 6.07) is 7.81. The van der Waals surface area contributed by atoms with Crippen LogP contribution in [0.15, 0.2) is 29.3 Å². The first-order valence-corrected chi connectivity index (χ1v) is 6.90. The number of esters is 1. The van der Waals surface area contributed by atoms with E-state index >= 15 is 0 Å². The third kappa shape index (κ3) is 1.52. The van der Waals surface area contributed by atoms with E-state index in [1.807, 2.05) is 24.3 Å². The van der Waals surface area contributed by atoms with Gasteiger partial charge in [-0.1, -0.05) is 18.2 Å². The number of amidine groups is 1. The van der Waals surface area contributed by atoms with E-state index in [4.69, 9.17) is 4.74 Å². The minimum Gasteiger partial charge on any atom is -0.451 e. The fraction of sp³-hybridized carbons (Fsp3) is 0.467. The zero-order valence-electron chi connectivity index (χ0n) is 10.7. The van der Waals surface area contributed by atoms with Crippen LogP contribution in [0.5, 0.6) is 0 Å². The molecule has 3 aliphatic rings. The number of carbonyl (C=O) groups is 1. The maximum atomic E-state index is 12.0. The van der Waals surface area contributed by atoms with Gasteiger partial charge in [0.1, 0.15) is 18.1 Å². The van der Waals surface area contributed by atoms with Gasteiger partial charge in [0.05, 0.1) is 5.56 Å². The smallest absolute Gasteiger partial charge is 0.339 e. The number of carbonyl (C=O) groups excluding carboxylic acids is 1. The highest BCUT2D eigenvalue weighted by Gasteiger charge is 2.48. The van der Waals surface area contributed by atoms with Crippen molar-refractivity contribution in [2.75, 3.05) is 6.67 Å². The largest absolute Gasteiger partial charge is 0.451 e. The molecule has 0 amide bonds. The molecule has 98 valence electrons. The van der Waals surface area contributed by atoms with Gasteiger partial charge in [0, 0.05) is 11.5 Å². The van der Waals surface area contributed by atoms with Crippen molar-refractivity contribution in [1.82, 2.24) is 5.32 Å². The Morgan fingerprint density at radius 1 is 1.26 bits per heavy atom. The second-order valence-electron chi connectivity index (χ2n) is 5.58. The molecule has 1 spiro atoms. The number of hydrogen-bond donors (Lipinski definition) is 1. The van der Waals surface area contributed by atoms with Crippen LogP contribution in [0, 0.1) is 5.92 Å². The number of fused-ring (bicyclic) bond motifs is 2. The summed E-state index contributed by atoms with van der Waals surface area (Å²) in [5, 5.41) is 3.26. The zero-order chi connectivity index (χ0) is 12.9. The number of aliphatic imine (C=N–C) groups is 1. The summed E-state index contributed by atoms with van der Waals surface area (Å²) in [5.41, 5.74) is 1.47. The molecule has 4 heteroatoms. The second-order valence-corrected chi connectivity index (χ2v) is 5.58. The van der Waals surface area contributed by atoms with Gasteiger partial charge in [0.2, 0.25) is 0 Å². The molecule has 1 fully saturated rings. The highest BCUT2D eigenvalue weighted by atomic mass is 16.6. The van der Waals surface area contributed by atoms with Crippen LogP contribution in [-0.4, -0.2) is 18.5 Å². The van der Waals surface area contributed by atoms with Crippen molar-refractivity contribution in [3.05, 3.63) is 35.4 Å². The van der Waals surface area contributed by atoms with E-state index in [9.17, 15) is 4.79 Å². The maximum absolute atomic E-state index is 12.0. The van der Waals surface area contributed by atoms with Crippen LogP contribution in [0.2, 0.25) is 0 Å². The summed E-state index contributed by atoms with van der Waals surface area (Å²) in [6.07, 6.45) is 3.88. The van der Waals surface area contributed by atoms with E-state index < -0.39 is 0 Å². The quantitative estimate of drug-likeness (QED) is 0.784. The van der Waals surface area contributed by atoms with Crippen molar-refractivity contribution in [3.63, 3.8) is 0 Å². The van der Waals surface area contributed by atoms with Crippen LogP contribution < -0.4 is 5.32 Å². The van der Waals surface area contributed by atoms with Gasteiger partial charge in [0.15, 0.2) is 0 Å². The molecule has 4 nitrogen and oxygen atoms in total. The minimum absolute atomic E-state index is 0.159. The molecule has 1 N–H and O–H groups in total. The molecule has 1 aromatic carbocycles. The third-order valence-electron chi connectivity index (χ3n) is 4.62. The Bertz CT molecular complexity index is 571. The van der Waals surface area contributed by atoms with Crippen LogP contribution in [0.3, 0.4) is 0 Å². The van der Waals surface area contributed by atoms with Gasteiger partial charge in [-0.25, -0.2) is 4.79 Å². The van der Waals surface area contributed by atoms with Crippen molar-refractivity contribution >= 4 is 11.8 Å². The number of rotatable bonds is 1. The number of ether oxygens (including phenoxy) is 1. The second kappa shape index (κ2) is 3.83. The van der Waals surface area contributed by atoms with Crippen LogP contribution in [0.4, 0.5) is 0 Å². The molecule has 1 aromatic rings. The lowest BCUT2D eigenvalue weighted by Crippen LogP contribution is -2.43. The molecular formula is C15H16N2O2. The first kappa shape index (κ1) is 11.0. The Morgan fingerprint density at radius 3 is 2.68 bits per heavy atom. The number of benzene rings is 1. The predicted molar refractivity (Wildman–Crippen MR) is 70.9 cm³/mol. The molecule has 0 unspecified atom stereocenters. The van der Waals surface area contributed by atoms with Crippen LogP contribution >= 0.6 is 0 Å². The molecule has 0 saturated heterocycles. The molecule has 19 heavy (non-hydrogen) atoms. The van der Waals surface area contributed by atoms with E-state index in [0.29, 0.717) is 5.92 Å². The predicted octanol–water partition coefficient (Wildman–Crippen LogP) is 2.20. The Balaban J connectivity index is 1.62. The maximum Gasteiger partial charge on any atom is 0.339 e. The molecule has 0 atom stereocenters. The van der Waals surface area contributed by atoms with E-state index in [-0.39, 0.29) is 11.6 Å². The van der Waals surface area contributed by atoms with Crippen molar-refractivity contribution in [1.29, 1.82) is 0 Å². The standard InChI is InChI=1S/C15H16N2O2/c18-14-11-3-1-2-4-12(11)15(19-14)7-5-10(6-8-15)13-16-9-17-13/h1-4,10H,5-9H2,(H,16,17). The molecule has 1 saturated carbocycles. The van der Waals surface area contributed by atoms with E-state index in [2.05, 4.69) is 10.3 Å². The molecular weight excluding hydrogens is 240 g/mol. The molecule has 0 bridgehead atoms. The topological polar surface area (TPSA) is 50.7 Å². The molecule has 0 aromatic heterocycles. The van der Waals surface area contributed by atoms with E-state index in [1.165, 1.54) is 0 Å². The van der Waals surface area contributed by atoms with Crippen molar-refractivity contribution in [2.24, 2.45) is 10.9 Å². The highest BCUT2D eigenvalue weighted by Crippen LogP contribution is 2.48. The fourth-order valence-corrected chi connectivity index (χ4v) is 3.52. The Morgan fingerprint density at radius 2 is 2.00 bits per heavy atom. The highest BCUT2D eigenvalue weighted by molar-refractivity contribution is 5.95. The van der Waals surface area contributed by atoms with Gasteiger partial charge in [-0.2, -0.15) is 0 Å². The molecule has 0 radical (unpaired) electrons. The Hall–Kier alpha value is -1.84. The lowest BCUT2D eigenvalue weighted by atomic mass is 9.74. The lowest BCUT2D eigenvalue weighted by Gasteiger charge is -2.38. The number of nitrogens with zero attached hydrogens (tertiary/aromatic N) is 1. The normalized spacial score (nSPS) is 32.1. The molecule has 2 aliphatic heterocycles. The van der Waals surface area contributed by atoms with Crippen molar-refractivity contribution in [2.45, 2.75) is 31.3 Å². The van der Waals surface area contributed by atoms with Gasteiger partial charge < -0.3 is 10.1 Å². The Kier molecular flexibility index (Phi) is 2.22. The number of hydrogen-bond acceptors (Lipinski definition) is 4. The minimum atomic E-state index is -0.367. The number of nitrogens with one attached hydrogen (secondary N) is 1. The van der Waals surface area contributed by atoms with E-state index in [0.717, 1.165) is 49.3 Å². The summed E-state index contributed by atoms with van der Waals surface area (Å²) >= 11 is 0. The van der Waals surface area contributed by atoms with Gasteiger partial charge in [-0.3, -0.25) is 4.99 Å². The van der Waals surface area contributed by atoms with Crippen molar-refractivity contribution < 1.29 is 9.53 Å². The lowest BCUT2D eigenvalue weighted by molar-refractivity contribution is -0.0319. The van der Waals surface area contributed by atoms with Crippen LogP contribution in [0.1, 0.15) is 41.6 Å². The SMILES string of the molecule is O=C1OC2(CCC(C3=NCN3)CC2)c2ccccc21. The average Bonchev–Trinajstić information content (AvgIpc) is 2.65. The van der Waals surface area contributed by atoms with Gasteiger partial charge in [0.25, 0.3) is 0 Å². The van der Waals surface area contributed by atoms with Crippen molar-refractivity contribution in [3.8, 4) is 0 Å². The average molecular weight is 256 g/mol. The molecule has 4 rings (SSSR count). The fourth-order valence-electron chi connectivity index (χ4n) is 3.52. The van der Waals surface area contributed by atoms with Gasteiger partial charge >= 0.3 is 5.97 Å². The summed E-state index contributed by atoms with van der Waals surface area (Å²) in [7, 11) is 0. The van der Waals surface area contributed by atoms with Crippen LogP contribution in [0.25, 0.3) is 0 Å². The Labute approximate surface area is 111 Å². The summed E-state index contributed by atoms with van der Waals surface area (Å²) < 4.78 is 5.74. The summed E-state index contributed by atoms with van der Waals surface area (Å²) in [5.74, 6) is 1.51. The summed E-state index contributed by atoms with van der Waals surface area (Å²) in [6.45, 7) is 0.759. The molecule has 2 heterocycles. The first-order chi connectivity index (χ1) is 9.28. The first-order valence-electron chi connectivity index (χ1n) is 6.90. The third-order valence-corrected chi connectivity index (χ3v) is 4.62.